The van der Waals surface area contributed by atoms with Gasteiger partial charge in [-0.25, -0.2) is 0 Å². The van der Waals surface area contributed by atoms with Crippen LogP contribution in [0.25, 0.3) is 0 Å². The number of nitrogens with zero attached hydrogens (tertiary/aromatic N) is 2. The van der Waals surface area contributed by atoms with Crippen LogP contribution in [-0.2, 0) is 12.8 Å². The summed E-state index contributed by atoms with van der Waals surface area (Å²) in [5.41, 5.74) is 2.62. The molecule has 0 radical (unpaired) electrons. The maximum absolute atomic E-state index is 4.07. The van der Waals surface area contributed by atoms with Gasteiger partial charge in [0.1, 0.15) is 0 Å². The minimum Gasteiger partial charge on any atom is -0.159 e. The first-order valence-electron chi connectivity index (χ1n) is 5.76. The van der Waals surface area contributed by atoms with Crippen molar-refractivity contribution in [2.45, 2.75) is 53.4 Å². The summed E-state index contributed by atoms with van der Waals surface area (Å²) in [5, 5.41) is 7.92. The predicted octanol–water partition coefficient (Wildman–Crippen LogP) is 3.41. The van der Waals surface area contributed by atoms with Gasteiger partial charge >= 0.3 is 0 Å². The van der Waals surface area contributed by atoms with Crippen molar-refractivity contribution in [1.82, 2.24) is 10.2 Å². The zero-order valence-corrected chi connectivity index (χ0v) is 9.88. The first-order chi connectivity index (χ1) is 6.97. The quantitative estimate of drug-likeness (QED) is 0.632. The van der Waals surface area contributed by atoms with E-state index < -0.39 is 0 Å². The highest BCUT2D eigenvalue weighted by atomic mass is 15.1. The van der Waals surface area contributed by atoms with Crippen LogP contribution in [0.15, 0.2) is 12.3 Å². The summed E-state index contributed by atoms with van der Waals surface area (Å²) in [7, 11) is 0. The normalized spacial score (nSPS) is 12.6. The number of rotatable bonds is 0. The Labute approximate surface area is 87.8 Å². The van der Waals surface area contributed by atoms with Gasteiger partial charge in [0.15, 0.2) is 0 Å². The molecule has 0 bridgehead atoms. The van der Waals surface area contributed by atoms with E-state index in [1.54, 1.807) is 6.20 Å². The second kappa shape index (κ2) is 8.67. The summed E-state index contributed by atoms with van der Waals surface area (Å²) >= 11 is 0. The summed E-state index contributed by atoms with van der Waals surface area (Å²) in [6.07, 6.45) is 6.71. The van der Waals surface area contributed by atoms with E-state index in [4.69, 9.17) is 0 Å². The third-order valence-electron chi connectivity index (χ3n) is 2.00. The summed E-state index contributed by atoms with van der Waals surface area (Å²) in [6, 6.07) is 2.08. The Kier molecular flexibility index (Phi) is 8.10. The molecule has 0 N–H and O–H groups in total. The van der Waals surface area contributed by atoms with Gasteiger partial charge in [0.2, 0.25) is 0 Å². The van der Waals surface area contributed by atoms with Crippen LogP contribution in [0.5, 0.6) is 0 Å². The van der Waals surface area contributed by atoms with Crippen LogP contribution in [0.1, 0.15) is 51.8 Å². The average molecular weight is 194 g/mol. The predicted molar refractivity (Wildman–Crippen MR) is 61.4 cm³/mol. The summed E-state index contributed by atoms with van der Waals surface area (Å²) in [5.74, 6) is 0. The minimum absolute atomic E-state index is 1.13. The number of hydrogen-bond donors (Lipinski definition) is 0. The monoisotopic (exact) mass is 194 g/mol. The summed E-state index contributed by atoms with van der Waals surface area (Å²) in [6.45, 7) is 8.00. The number of fused-ring (bicyclic) bond motifs is 1. The maximum Gasteiger partial charge on any atom is 0.0663 e. The van der Waals surface area contributed by atoms with Gasteiger partial charge in [-0.3, -0.25) is 0 Å². The van der Waals surface area contributed by atoms with Gasteiger partial charge < -0.3 is 0 Å². The van der Waals surface area contributed by atoms with E-state index >= 15 is 0 Å². The molecular weight excluding hydrogens is 172 g/mol. The molecule has 0 spiro atoms. The average Bonchev–Trinajstić information content (AvgIpc) is 2.34. The fraction of sp³-hybridized carbons (Fsp3) is 0.667. The third-order valence-corrected chi connectivity index (χ3v) is 2.00. The van der Waals surface area contributed by atoms with Crippen molar-refractivity contribution in [2.75, 3.05) is 0 Å². The van der Waals surface area contributed by atoms with Crippen LogP contribution >= 0.6 is 0 Å². The fourth-order valence-corrected chi connectivity index (χ4v) is 1.43. The van der Waals surface area contributed by atoms with Gasteiger partial charge in [-0.2, -0.15) is 10.2 Å². The van der Waals surface area contributed by atoms with Crippen molar-refractivity contribution in [3.05, 3.63) is 23.5 Å². The number of aryl methyl sites for hydroxylation is 2. The molecule has 1 aromatic heterocycles. The van der Waals surface area contributed by atoms with Crippen LogP contribution in [0.3, 0.4) is 0 Å². The van der Waals surface area contributed by atoms with Crippen LogP contribution in [0.4, 0.5) is 0 Å². The first-order valence-corrected chi connectivity index (χ1v) is 5.76. The summed E-state index contributed by atoms with van der Waals surface area (Å²) in [4.78, 5) is 0. The molecule has 0 saturated heterocycles. The van der Waals surface area contributed by atoms with E-state index in [1.807, 2.05) is 27.7 Å². The van der Waals surface area contributed by atoms with Crippen molar-refractivity contribution in [3.8, 4) is 0 Å². The maximum atomic E-state index is 4.07. The van der Waals surface area contributed by atoms with E-state index in [1.165, 1.54) is 30.5 Å². The first kappa shape index (κ1) is 13.1. The van der Waals surface area contributed by atoms with E-state index in [-0.39, 0.29) is 0 Å². The second-order valence-electron chi connectivity index (χ2n) is 2.71. The molecule has 0 aromatic carbocycles. The van der Waals surface area contributed by atoms with Gasteiger partial charge in [0.05, 0.1) is 5.69 Å². The summed E-state index contributed by atoms with van der Waals surface area (Å²) < 4.78 is 0. The van der Waals surface area contributed by atoms with E-state index in [9.17, 15) is 0 Å². The molecule has 0 fully saturated rings. The highest BCUT2D eigenvalue weighted by Crippen LogP contribution is 2.16. The lowest BCUT2D eigenvalue weighted by atomic mass is 9.97. The van der Waals surface area contributed by atoms with E-state index in [0.29, 0.717) is 0 Å². The number of aromatic nitrogens is 2. The minimum atomic E-state index is 1.13. The molecule has 0 atom stereocenters. The van der Waals surface area contributed by atoms with Crippen LogP contribution < -0.4 is 0 Å². The molecule has 1 aliphatic carbocycles. The Balaban J connectivity index is 0.000000379. The van der Waals surface area contributed by atoms with Crippen molar-refractivity contribution >= 4 is 0 Å². The molecular formula is C12H22N2. The van der Waals surface area contributed by atoms with Crippen LogP contribution in [0, 0.1) is 0 Å². The Hall–Kier alpha value is -0.920. The van der Waals surface area contributed by atoms with Crippen molar-refractivity contribution in [1.29, 1.82) is 0 Å². The van der Waals surface area contributed by atoms with Gasteiger partial charge in [0.25, 0.3) is 0 Å². The Morgan fingerprint density at radius 1 is 1.00 bits per heavy atom. The fourth-order valence-electron chi connectivity index (χ4n) is 1.43. The molecule has 0 amide bonds. The van der Waals surface area contributed by atoms with Crippen molar-refractivity contribution < 1.29 is 0 Å². The Bertz CT molecular complexity index is 209. The third kappa shape index (κ3) is 3.86. The van der Waals surface area contributed by atoms with E-state index in [2.05, 4.69) is 16.3 Å². The molecule has 80 valence electrons. The Morgan fingerprint density at radius 2 is 1.64 bits per heavy atom. The van der Waals surface area contributed by atoms with Crippen LogP contribution in [-0.4, -0.2) is 10.2 Å². The molecule has 1 aromatic rings. The molecule has 2 nitrogen and oxygen atoms in total. The lowest BCUT2D eigenvalue weighted by Gasteiger charge is -2.11. The molecule has 2 heteroatoms. The lowest BCUT2D eigenvalue weighted by Crippen LogP contribution is -2.05. The van der Waals surface area contributed by atoms with Crippen molar-refractivity contribution in [3.63, 3.8) is 0 Å². The molecule has 0 unspecified atom stereocenters. The van der Waals surface area contributed by atoms with Gasteiger partial charge in [-0.05, 0) is 37.3 Å². The molecule has 2 rings (SSSR count). The molecule has 0 aliphatic heterocycles. The lowest BCUT2D eigenvalue weighted by molar-refractivity contribution is 0.654. The highest BCUT2D eigenvalue weighted by molar-refractivity contribution is 5.19. The Morgan fingerprint density at radius 3 is 2.29 bits per heavy atom. The smallest absolute Gasteiger partial charge is 0.0663 e. The molecule has 14 heavy (non-hydrogen) atoms. The standard InChI is InChI=1S/C8H10N2.2C2H6/c1-2-4-8-7(3-1)5-6-9-10-8;2*1-2/h5-6H,1-4H2;2*1-2H3. The highest BCUT2D eigenvalue weighted by Gasteiger charge is 2.08. The molecule has 1 aliphatic rings. The zero-order chi connectivity index (χ0) is 10.8. The zero-order valence-electron chi connectivity index (χ0n) is 9.88. The van der Waals surface area contributed by atoms with Gasteiger partial charge in [-0.1, -0.05) is 27.7 Å². The van der Waals surface area contributed by atoms with Gasteiger partial charge in [0, 0.05) is 6.20 Å². The van der Waals surface area contributed by atoms with Crippen molar-refractivity contribution in [2.24, 2.45) is 0 Å². The molecule has 0 saturated carbocycles. The largest absolute Gasteiger partial charge is 0.159 e. The second-order valence-corrected chi connectivity index (χ2v) is 2.71. The molecule has 1 heterocycles. The topological polar surface area (TPSA) is 25.8 Å². The number of hydrogen-bond acceptors (Lipinski definition) is 2. The SMILES string of the molecule is CC.CC.c1cc2c(nn1)CCCC2. The van der Waals surface area contributed by atoms with Gasteiger partial charge in [-0.15, -0.1) is 0 Å². The van der Waals surface area contributed by atoms with E-state index in [0.717, 1.165) is 6.42 Å². The van der Waals surface area contributed by atoms with Crippen LogP contribution in [0.2, 0.25) is 0 Å².